The fourth-order valence-electron chi connectivity index (χ4n) is 3.40. The van der Waals surface area contributed by atoms with E-state index in [9.17, 15) is 4.79 Å². The predicted molar refractivity (Wildman–Crippen MR) is 115 cm³/mol. The molecule has 0 atom stereocenters. The van der Waals surface area contributed by atoms with Gasteiger partial charge in [0, 0.05) is 31.3 Å². The molecule has 0 bridgehead atoms. The molecule has 0 radical (unpaired) electrons. The largest absolute Gasteiger partial charge is 0.399 e. The molecule has 0 aliphatic carbocycles. The summed E-state index contributed by atoms with van der Waals surface area (Å²) in [6.07, 6.45) is 4.95. The van der Waals surface area contributed by atoms with E-state index in [0.717, 1.165) is 49.5 Å². The van der Waals surface area contributed by atoms with Crippen LogP contribution in [0.3, 0.4) is 0 Å². The highest BCUT2D eigenvalue weighted by molar-refractivity contribution is 5.90. The number of nitrogens with two attached hydrogens (primary N) is 1. The van der Waals surface area contributed by atoms with E-state index in [4.69, 9.17) is 5.73 Å². The third-order valence-corrected chi connectivity index (χ3v) is 4.96. The molecule has 8 heteroatoms. The highest BCUT2D eigenvalue weighted by Gasteiger charge is 2.22. The van der Waals surface area contributed by atoms with Crippen LogP contribution < -0.4 is 11.1 Å². The van der Waals surface area contributed by atoms with E-state index >= 15 is 0 Å². The van der Waals surface area contributed by atoms with Gasteiger partial charge in [-0.25, -0.2) is 4.68 Å². The van der Waals surface area contributed by atoms with Crippen molar-refractivity contribution in [3.05, 3.63) is 42.1 Å². The van der Waals surface area contributed by atoms with Gasteiger partial charge in [0.15, 0.2) is 0 Å². The van der Waals surface area contributed by atoms with Crippen LogP contribution in [-0.4, -0.2) is 40.2 Å². The number of carbonyl (C=O) groups excluding carboxylic acids is 1. The normalized spacial score (nSPS) is 14.9. The lowest BCUT2D eigenvalue weighted by atomic mass is 10.1. The van der Waals surface area contributed by atoms with Crippen LogP contribution in [0.25, 0.3) is 0 Å². The summed E-state index contributed by atoms with van der Waals surface area (Å²) in [5.41, 5.74) is 7.69. The van der Waals surface area contributed by atoms with E-state index < -0.39 is 0 Å². The molecule has 1 fully saturated rings. The molecule has 27 heavy (non-hydrogen) atoms. The quantitative estimate of drug-likeness (QED) is 0.709. The Hall–Kier alpha value is -1.76. The monoisotopic (exact) mass is 413 g/mol. The molecule has 0 saturated carbocycles. The van der Waals surface area contributed by atoms with E-state index in [0.29, 0.717) is 18.9 Å². The number of hydrogen-bond acceptors (Lipinski definition) is 4. The summed E-state index contributed by atoms with van der Waals surface area (Å²) in [5.74, 6) is 0.789. The third-order valence-electron chi connectivity index (χ3n) is 4.96. The average Bonchev–Trinajstić information content (AvgIpc) is 3.09. The van der Waals surface area contributed by atoms with Gasteiger partial charge in [0.2, 0.25) is 5.91 Å². The molecular weight excluding hydrogens is 385 g/mol. The van der Waals surface area contributed by atoms with E-state index in [-0.39, 0.29) is 30.7 Å². The standard InChI is InChI=1S/C19H27N5O.2ClH/c1-2-23-13-10-16(11-14-23)24-18(9-12-21-24)22-19(25)8-7-15-5-3-4-6-17(15)20;;/h3-6,9,12,16H,2,7-8,10-11,13-14,20H2,1H3,(H,22,25);2*1H. The van der Waals surface area contributed by atoms with Gasteiger partial charge in [-0.1, -0.05) is 25.1 Å². The highest BCUT2D eigenvalue weighted by atomic mass is 35.5. The first-order valence-corrected chi connectivity index (χ1v) is 9.06. The smallest absolute Gasteiger partial charge is 0.225 e. The van der Waals surface area contributed by atoms with Crippen molar-refractivity contribution in [1.29, 1.82) is 0 Å². The number of nitrogens with one attached hydrogen (secondary N) is 1. The lowest BCUT2D eigenvalue weighted by molar-refractivity contribution is -0.116. The van der Waals surface area contributed by atoms with Crippen molar-refractivity contribution in [1.82, 2.24) is 14.7 Å². The van der Waals surface area contributed by atoms with E-state index in [2.05, 4.69) is 22.2 Å². The Morgan fingerprint density at radius 1 is 1.22 bits per heavy atom. The van der Waals surface area contributed by atoms with Gasteiger partial charge >= 0.3 is 0 Å². The van der Waals surface area contributed by atoms with E-state index in [1.165, 1.54) is 0 Å². The Morgan fingerprint density at radius 2 is 1.93 bits per heavy atom. The number of para-hydroxylation sites is 1. The van der Waals surface area contributed by atoms with Gasteiger partial charge in [0.05, 0.1) is 12.2 Å². The Morgan fingerprint density at radius 3 is 2.59 bits per heavy atom. The molecule has 1 aromatic carbocycles. The average molecular weight is 414 g/mol. The number of halogens is 2. The van der Waals surface area contributed by atoms with E-state index in [1.54, 1.807) is 6.20 Å². The highest BCUT2D eigenvalue weighted by Crippen LogP contribution is 2.25. The minimum absolute atomic E-state index is 0. The fraction of sp³-hybridized carbons (Fsp3) is 0.474. The molecule has 1 aliphatic rings. The Balaban J connectivity index is 0.00000182. The minimum Gasteiger partial charge on any atom is -0.399 e. The maximum absolute atomic E-state index is 12.3. The summed E-state index contributed by atoms with van der Waals surface area (Å²) in [6.45, 7) is 5.46. The number of nitrogens with zero attached hydrogens (tertiary/aromatic N) is 3. The number of amides is 1. The summed E-state index contributed by atoms with van der Waals surface area (Å²) in [6, 6.07) is 9.92. The number of benzene rings is 1. The summed E-state index contributed by atoms with van der Waals surface area (Å²) in [4.78, 5) is 14.8. The molecule has 0 unspecified atom stereocenters. The van der Waals surface area contributed by atoms with Crippen LogP contribution in [-0.2, 0) is 11.2 Å². The van der Waals surface area contributed by atoms with Crippen LogP contribution >= 0.6 is 24.8 Å². The summed E-state index contributed by atoms with van der Waals surface area (Å²) in [5, 5.41) is 7.45. The maximum atomic E-state index is 12.3. The van der Waals surface area contributed by atoms with Gasteiger partial charge in [-0.05, 0) is 37.4 Å². The second-order valence-corrected chi connectivity index (χ2v) is 6.57. The molecule has 6 nitrogen and oxygen atoms in total. The predicted octanol–water partition coefficient (Wildman–Crippen LogP) is 3.54. The Kier molecular flexibility index (Phi) is 9.63. The molecular formula is C19H29Cl2N5O. The lowest BCUT2D eigenvalue weighted by Crippen LogP contribution is -2.35. The Labute approximate surface area is 173 Å². The molecule has 150 valence electrons. The van der Waals surface area contributed by atoms with Crippen molar-refractivity contribution in [2.75, 3.05) is 30.7 Å². The molecule has 1 saturated heterocycles. The van der Waals surface area contributed by atoms with Crippen molar-refractivity contribution >= 4 is 42.2 Å². The van der Waals surface area contributed by atoms with Gasteiger partial charge in [-0.15, -0.1) is 24.8 Å². The molecule has 1 amide bonds. The number of nitrogen functional groups attached to an aromatic ring is 1. The molecule has 2 heterocycles. The molecule has 1 aromatic heterocycles. The van der Waals surface area contributed by atoms with Crippen LogP contribution in [0.5, 0.6) is 0 Å². The molecule has 3 N–H and O–H groups in total. The van der Waals surface area contributed by atoms with Crippen molar-refractivity contribution in [3.8, 4) is 0 Å². The van der Waals surface area contributed by atoms with Crippen LogP contribution in [0.15, 0.2) is 36.5 Å². The summed E-state index contributed by atoms with van der Waals surface area (Å²) >= 11 is 0. The molecule has 0 spiro atoms. The van der Waals surface area contributed by atoms with Crippen molar-refractivity contribution in [2.45, 2.75) is 38.6 Å². The number of aromatic nitrogens is 2. The summed E-state index contributed by atoms with van der Waals surface area (Å²) < 4.78 is 1.97. The van der Waals surface area contributed by atoms with Crippen LogP contribution in [0.2, 0.25) is 0 Å². The lowest BCUT2D eigenvalue weighted by Gasteiger charge is -2.31. The number of rotatable bonds is 6. The van der Waals surface area contributed by atoms with Gasteiger partial charge < -0.3 is 16.0 Å². The maximum Gasteiger partial charge on any atom is 0.225 e. The minimum atomic E-state index is -0.00371. The number of carbonyl (C=O) groups is 1. The number of hydrogen-bond donors (Lipinski definition) is 2. The number of likely N-dealkylation sites (tertiary alicyclic amines) is 1. The first-order valence-electron chi connectivity index (χ1n) is 9.06. The fourth-order valence-corrected chi connectivity index (χ4v) is 3.40. The van der Waals surface area contributed by atoms with Crippen molar-refractivity contribution in [2.24, 2.45) is 0 Å². The second-order valence-electron chi connectivity index (χ2n) is 6.57. The third kappa shape index (κ3) is 6.13. The van der Waals surface area contributed by atoms with Gasteiger partial charge in [0.1, 0.15) is 5.82 Å². The van der Waals surface area contributed by atoms with Gasteiger partial charge in [-0.3, -0.25) is 4.79 Å². The van der Waals surface area contributed by atoms with Crippen LogP contribution in [0, 0.1) is 0 Å². The SMILES string of the molecule is CCN1CCC(n2nccc2NC(=O)CCc2ccccc2N)CC1.Cl.Cl. The van der Waals surface area contributed by atoms with Crippen molar-refractivity contribution in [3.63, 3.8) is 0 Å². The zero-order valence-electron chi connectivity index (χ0n) is 15.6. The zero-order chi connectivity index (χ0) is 17.6. The molecule has 1 aliphatic heterocycles. The first-order chi connectivity index (χ1) is 12.2. The number of aryl methyl sites for hydroxylation is 1. The van der Waals surface area contributed by atoms with Crippen LogP contribution in [0.1, 0.15) is 37.8 Å². The Bertz CT molecular complexity index is 714. The molecule has 2 aromatic rings. The molecule has 3 rings (SSSR count). The number of piperidine rings is 1. The van der Waals surface area contributed by atoms with Gasteiger partial charge in [-0.2, -0.15) is 5.10 Å². The zero-order valence-corrected chi connectivity index (χ0v) is 17.3. The summed E-state index contributed by atoms with van der Waals surface area (Å²) in [7, 11) is 0. The second kappa shape index (κ2) is 11.2. The van der Waals surface area contributed by atoms with Crippen LogP contribution in [0.4, 0.5) is 11.5 Å². The van der Waals surface area contributed by atoms with Gasteiger partial charge in [0.25, 0.3) is 0 Å². The first kappa shape index (κ1) is 23.3. The number of anilines is 2. The van der Waals surface area contributed by atoms with E-state index in [1.807, 2.05) is 35.0 Å². The topological polar surface area (TPSA) is 76.2 Å². The van der Waals surface area contributed by atoms with Crippen molar-refractivity contribution < 1.29 is 4.79 Å².